The van der Waals surface area contributed by atoms with Gasteiger partial charge in [0.25, 0.3) is 10.0 Å². The summed E-state index contributed by atoms with van der Waals surface area (Å²) in [6, 6.07) is 19.1. The van der Waals surface area contributed by atoms with Crippen LogP contribution in [0, 0.1) is 20.8 Å². The van der Waals surface area contributed by atoms with Crippen LogP contribution in [0.2, 0.25) is 5.02 Å². The highest BCUT2D eigenvalue weighted by atomic mass is 35.5. The van der Waals surface area contributed by atoms with Crippen molar-refractivity contribution in [2.75, 3.05) is 10.8 Å². The largest absolute Gasteiger partial charge is 0.350 e. The summed E-state index contributed by atoms with van der Waals surface area (Å²) in [6.07, 6.45) is 3.57. The summed E-state index contributed by atoms with van der Waals surface area (Å²) < 4.78 is 30.2. The van der Waals surface area contributed by atoms with E-state index < -0.39 is 22.5 Å². The zero-order valence-electron chi connectivity index (χ0n) is 20.3. The van der Waals surface area contributed by atoms with Gasteiger partial charge >= 0.3 is 0 Å². The van der Waals surface area contributed by atoms with E-state index >= 15 is 0 Å². The molecule has 0 aliphatic heterocycles. The first-order valence-electron chi connectivity index (χ1n) is 11.4. The zero-order chi connectivity index (χ0) is 25.9. The first-order valence-corrected chi connectivity index (χ1v) is 13.2. The van der Waals surface area contributed by atoms with Crippen LogP contribution in [0.1, 0.15) is 22.5 Å². The van der Waals surface area contributed by atoms with Gasteiger partial charge in [-0.15, -0.1) is 0 Å². The van der Waals surface area contributed by atoms with Gasteiger partial charge in [0.15, 0.2) is 0 Å². The minimum Gasteiger partial charge on any atom is -0.350 e. The fourth-order valence-corrected chi connectivity index (χ4v) is 5.39. The molecule has 0 saturated heterocycles. The van der Waals surface area contributed by atoms with Crippen LogP contribution >= 0.6 is 11.6 Å². The van der Waals surface area contributed by atoms with E-state index in [1.165, 1.54) is 12.1 Å². The van der Waals surface area contributed by atoms with Gasteiger partial charge in [-0.3, -0.25) is 9.10 Å². The lowest BCUT2D eigenvalue weighted by Gasteiger charge is -2.25. The van der Waals surface area contributed by atoms with Gasteiger partial charge in [0, 0.05) is 24.0 Å². The fraction of sp³-hybridized carbons (Fsp3) is 0.185. The lowest BCUT2D eigenvalue weighted by Crippen LogP contribution is -2.40. The molecule has 0 spiro atoms. The smallest absolute Gasteiger partial charge is 0.264 e. The molecule has 36 heavy (non-hydrogen) atoms. The Labute approximate surface area is 216 Å². The summed E-state index contributed by atoms with van der Waals surface area (Å²) in [4.78, 5) is 17.4. The molecule has 0 radical (unpaired) electrons. The average molecular weight is 523 g/mol. The number of para-hydroxylation sites is 1. The van der Waals surface area contributed by atoms with Gasteiger partial charge < -0.3 is 9.88 Å². The molecule has 1 amide bonds. The second kappa shape index (κ2) is 10.6. The van der Waals surface area contributed by atoms with Crippen molar-refractivity contribution >= 4 is 33.2 Å². The van der Waals surface area contributed by atoms with E-state index in [0.29, 0.717) is 10.7 Å². The van der Waals surface area contributed by atoms with Gasteiger partial charge in [-0.05, 0) is 62.2 Å². The van der Waals surface area contributed by atoms with Crippen molar-refractivity contribution in [2.45, 2.75) is 32.2 Å². The van der Waals surface area contributed by atoms with E-state index in [9.17, 15) is 13.2 Å². The van der Waals surface area contributed by atoms with E-state index in [1.807, 2.05) is 55.8 Å². The van der Waals surface area contributed by atoms with E-state index in [0.717, 1.165) is 32.5 Å². The third kappa shape index (κ3) is 5.45. The van der Waals surface area contributed by atoms with Crippen LogP contribution < -0.4 is 9.62 Å². The second-order valence-corrected chi connectivity index (χ2v) is 10.8. The molecule has 1 N–H and O–H groups in total. The standard InChI is InChI=1S/C27H27ClN4O3S/c1-19-8-12-24(13-9-19)36(34,35)32(23-11-10-20(2)25(28)16-23)18-27(33)30-17-22-6-4-5-7-26(22)31-15-14-29-21(31)3/h4-16H,17-18H2,1-3H3,(H,30,33). The van der Waals surface area contributed by atoms with Crippen LogP contribution in [0.4, 0.5) is 5.69 Å². The Morgan fingerprint density at radius 1 is 1.03 bits per heavy atom. The molecule has 0 bridgehead atoms. The normalized spacial score (nSPS) is 11.3. The Kier molecular flexibility index (Phi) is 7.47. The van der Waals surface area contributed by atoms with Crippen LogP contribution in [0.25, 0.3) is 5.69 Å². The number of carbonyl (C=O) groups excluding carboxylic acids is 1. The maximum absolute atomic E-state index is 13.6. The van der Waals surface area contributed by atoms with Gasteiger partial charge in [0.05, 0.1) is 16.3 Å². The number of nitrogens with one attached hydrogen (secondary N) is 1. The van der Waals surface area contributed by atoms with Gasteiger partial charge in [-0.2, -0.15) is 0 Å². The van der Waals surface area contributed by atoms with Crippen LogP contribution in [-0.4, -0.2) is 30.4 Å². The molecule has 3 aromatic carbocycles. The number of carbonyl (C=O) groups is 1. The molecular formula is C27H27ClN4O3S. The SMILES string of the molecule is Cc1ccc(S(=O)(=O)N(CC(=O)NCc2ccccc2-n2ccnc2C)c2ccc(C)c(Cl)c2)cc1. The molecule has 1 aromatic heterocycles. The number of aryl methyl sites for hydroxylation is 3. The molecule has 1 heterocycles. The molecule has 0 atom stereocenters. The number of rotatable bonds is 8. The van der Waals surface area contributed by atoms with Crippen LogP contribution in [0.5, 0.6) is 0 Å². The number of nitrogens with zero attached hydrogens (tertiary/aromatic N) is 3. The Morgan fingerprint density at radius 2 is 1.75 bits per heavy atom. The van der Waals surface area contributed by atoms with E-state index in [1.54, 1.807) is 36.5 Å². The van der Waals surface area contributed by atoms with Gasteiger partial charge in [0.2, 0.25) is 5.91 Å². The molecule has 0 fully saturated rings. The Hall–Kier alpha value is -3.62. The Balaban J connectivity index is 1.60. The number of halogens is 1. The minimum atomic E-state index is -4.03. The topological polar surface area (TPSA) is 84.3 Å². The van der Waals surface area contributed by atoms with Crippen molar-refractivity contribution in [1.29, 1.82) is 0 Å². The molecular weight excluding hydrogens is 496 g/mol. The molecule has 7 nitrogen and oxygen atoms in total. The van der Waals surface area contributed by atoms with E-state index in [-0.39, 0.29) is 11.4 Å². The van der Waals surface area contributed by atoms with Crippen LogP contribution in [-0.2, 0) is 21.4 Å². The number of amides is 1. The summed E-state index contributed by atoms with van der Waals surface area (Å²) in [5.74, 6) is 0.375. The highest BCUT2D eigenvalue weighted by Gasteiger charge is 2.27. The predicted octanol–water partition coefficient (Wildman–Crippen LogP) is 4.96. The molecule has 0 unspecified atom stereocenters. The summed E-state index contributed by atoms with van der Waals surface area (Å²) in [6.45, 7) is 5.43. The van der Waals surface area contributed by atoms with Crippen LogP contribution in [0.3, 0.4) is 0 Å². The van der Waals surface area contributed by atoms with Gasteiger partial charge in [0.1, 0.15) is 12.4 Å². The zero-order valence-corrected chi connectivity index (χ0v) is 21.8. The third-order valence-corrected chi connectivity index (χ3v) is 8.09. The first kappa shape index (κ1) is 25.5. The Morgan fingerprint density at radius 3 is 2.42 bits per heavy atom. The average Bonchev–Trinajstić information content (AvgIpc) is 3.29. The molecule has 4 rings (SSSR count). The molecule has 0 aliphatic carbocycles. The van der Waals surface area contributed by atoms with Gasteiger partial charge in [-0.1, -0.05) is 53.6 Å². The second-order valence-electron chi connectivity index (χ2n) is 8.51. The minimum absolute atomic E-state index is 0.0959. The van der Waals surface area contributed by atoms with Crippen molar-refractivity contribution in [1.82, 2.24) is 14.9 Å². The van der Waals surface area contributed by atoms with Crippen molar-refractivity contribution in [2.24, 2.45) is 0 Å². The first-order chi connectivity index (χ1) is 17.2. The molecule has 186 valence electrons. The number of imidazole rings is 1. The monoisotopic (exact) mass is 522 g/mol. The van der Waals surface area contributed by atoms with Crippen LogP contribution in [0.15, 0.2) is 84.0 Å². The number of hydrogen-bond donors (Lipinski definition) is 1. The van der Waals surface area contributed by atoms with E-state index in [4.69, 9.17) is 11.6 Å². The lowest BCUT2D eigenvalue weighted by atomic mass is 10.1. The molecule has 4 aromatic rings. The summed E-state index contributed by atoms with van der Waals surface area (Å²) in [5.41, 5.74) is 3.82. The lowest BCUT2D eigenvalue weighted by molar-refractivity contribution is -0.119. The highest BCUT2D eigenvalue weighted by molar-refractivity contribution is 7.92. The molecule has 9 heteroatoms. The maximum atomic E-state index is 13.6. The number of aromatic nitrogens is 2. The number of sulfonamides is 1. The van der Waals surface area contributed by atoms with Gasteiger partial charge in [-0.25, -0.2) is 13.4 Å². The highest BCUT2D eigenvalue weighted by Crippen LogP contribution is 2.28. The fourth-order valence-electron chi connectivity index (χ4n) is 3.80. The predicted molar refractivity (Wildman–Crippen MR) is 142 cm³/mol. The number of hydrogen-bond acceptors (Lipinski definition) is 4. The number of benzene rings is 3. The van der Waals surface area contributed by atoms with Crippen molar-refractivity contribution in [3.8, 4) is 5.69 Å². The van der Waals surface area contributed by atoms with Crippen molar-refractivity contribution in [3.63, 3.8) is 0 Å². The Bertz CT molecular complexity index is 1500. The third-order valence-electron chi connectivity index (χ3n) is 5.89. The molecule has 0 saturated carbocycles. The summed E-state index contributed by atoms with van der Waals surface area (Å²) in [7, 11) is -4.03. The van der Waals surface area contributed by atoms with Crippen molar-refractivity contribution < 1.29 is 13.2 Å². The quantitative estimate of drug-likeness (QED) is 0.354. The maximum Gasteiger partial charge on any atom is 0.264 e. The summed E-state index contributed by atoms with van der Waals surface area (Å²) >= 11 is 6.30. The van der Waals surface area contributed by atoms with Crippen molar-refractivity contribution in [3.05, 3.63) is 107 Å². The molecule has 0 aliphatic rings. The summed E-state index contributed by atoms with van der Waals surface area (Å²) in [5, 5.41) is 3.29. The number of anilines is 1. The van der Waals surface area contributed by atoms with E-state index in [2.05, 4.69) is 10.3 Å².